The number of aliphatic carboxylic acids is 3. The van der Waals surface area contributed by atoms with Crippen molar-refractivity contribution in [1.82, 2.24) is 0 Å². The molecule has 9 nitrogen and oxygen atoms in total. The quantitative estimate of drug-likeness (QED) is 0.0912. The molecule has 242 valence electrons. The van der Waals surface area contributed by atoms with E-state index in [-0.39, 0.29) is 17.8 Å². The molecular formula is C30H36ClI4N3O6. The highest BCUT2D eigenvalue weighted by molar-refractivity contribution is 14.1. The Hall–Kier alpha value is -1.32. The molecule has 0 spiro atoms. The highest BCUT2D eigenvalue weighted by atomic mass is 127. The number of halogens is 5. The van der Waals surface area contributed by atoms with Crippen LogP contribution in [-0.4, -0.2) is 33.2 Å². The van der Waals surface area contributed by atoms with Crippen LogP contribution in [0.25, 0.3) is 0 Å². The van der Waals surface area contributed by atoms with Crippen molar-refractivity contribution in [1.29, 1.82) is 0 Å². The Morgan fingerprint density at radius 2 is 0.955 bits per heavy atom. The number of nitrogens with two attached hydrogens (primary N) is 3. The van der Waals surface area contributed by atoms with E-state index in [4.69, 9.17) is 32.5 Å². The molecule has 0 saturated carbocycles. The Kier molecular flexibility index (Phi) is 21.6. The van der Waals surface area contributed by atoms with Gasteiger partial charge in [-0.15, -0.1) is 0 Å². The van der Waals surface area contributed by atoms with E-state index in [1.165, 1.54) is 0 Å². The molecule has 3 rings (SSSR count). The van der Waals surface area contributed by atoms with Gasteiger partial charge in [0.25, 0.3) is 0 Å². The molecule has 0 fully saturated rings. The van der Waals surface area contributed by atoms with E-state index in [0.717, 1.165) is 38.8 Å². The molecule has 3 aromatic carbocycles. The molecule has 0 aliphatic rings. The van der Waals surface area contributed by atoms with E-state index >= 15 is 0 Å². The number of anilines is 3. The molecule has 0 amide bonds. The largest absolute Gasteiger partial charge is 0.481 e. The minimum Gasteiger partial charge on any atom is -0.481 e. The number of benzene rings is 3. The molecular weight excluding hydrogens is 1040 g/mol. The normalized spacial score (nSPS) is 12.0. The lowest BCUT2D eigenvalue weighted by molar-refractivity contribution is -0.142. The fourth-order valence-corrected chi connectivity index (χ4v) is 5.91. The summed E-state index contributed by atoms with van der Waals surface area (Å²) in [5, 5.41) is 26.2. The summed E-state index contributed by atoms with van der Waals surface area (Å²) in [5.74, 6) is -3.36. The number of rotatable bonds is 9. The Balaban J connectivity index is 0.000000614. The SMILES string of the molecule is C[C@H](Cc1cc(I)c(N)c(I)c1)C(=O)O.C[C@H](Cc1ccc(N)c(I)c1)C(=O)O.C[C@H](Cc1ccc(N)cc1)C(=O)O.ClI. The third-order valence-corrected chi connectivity index (χ3v) is 8.79. The van der Waals surface area contributed by atoms with Gasteiger partial charge < -0.3 is 32.5 Å². The zero-order valence-electron chi connectivity index (χ0n) is 24.2. The fraction of sp³-hybridized carbons (Fsp3) is 0.300. The van der Waals surface area contributed by atoms with Gasteiger partial charge in [0.1, 0.15) is 0 Å². The van der Waals surface area contributed by atoms with Gasteiger partial charge in [-0.1, -0.05) is 39.0 Å². The first-order valence-corrected chi connectivity index (χ1v) is 18.9. The van der Waals surface area contributed by atoms with Crippen LogP contribution in [0.3, 0.4) is 0 Å². The van der Waals surface area contributed by atoms with E-state index in [2.05, 4.69) is 76.7 Å². The summed E-state index contributed by atoms with van der Waals surface area (Å²) < 4.78 is 2.93. The van der Waals surface area contributed by atoms with E-state index in [9.17, 15) is 14.4 Å². The minimum absolute atomic E-state index is 0.344. The van der Waals surface area contributed by atoms with Crippen molar-refractivity contribution < 1.29 is 29.7 Å². The first-order chi connectivity index (χ1) is 20.5. The summed E-state index contributed by atoms with van der Waals surface area (Å²) in [6.07, 6.45) is 1.64. The zero-order chi connectivity index (χ0) is 34.1. The average molecular weight is 1080 g/mol. The lowest BCUT2D eigenvalue weighted by Crippen LogP contribution is -2.12. The van der Waals surface area contributed by atoms with Crippen LogP contribution in [0.15, 0.2) is 54.6 Å². The van der Waals surface area contributed by atoms with E-state index in [1.807, 2.05) is 42.5 Å². The van der Waals surface area contributed by atoms with Gasteiger partial charge in [-0.2, -0.15) is 0 Å². The summed E-state index contributed by atoms with van der Waals surface area (Å²) >= 11 is 8.09. The van der Waals surface area contributed by atoms with Crippen molar-refractivity contribution in [3.8, 4) is 0 Å². The van der Waals surface area contributed by atoms with Crippen molar-refractivity contribution >= 4 is 133 Å². The van der Waals surface area contributed by atoms with Gasteiger partial charge in [0, 0.05) is 43.5 Å². The Morgan fingerprint density at radius 3 is 1.34 bits per heavy atom. The van der Waals surface area contributed by atoms with Crippen molar-refractivity contribution in [2.45, 2.75) is 40.0 Å². The Morgan fingerprint density at radius 1 is 0.614 bits per heavy atom. The molecule has 0 saturated heterocycles. The van der Waals surface area contributed by atoms with Gasteiger partial charge >= 0.3 is 17.9 Å². The van der Waals surface area contributed by atoms with Crippen LogP contribution in [0.5, 0.6) is 0 Å². The molecule has 0 aromatic heterocycles. The number of carboxylic acids is 3. The van der Waals surface area contributed by atoms with Crippen molar-refractivity contribution in [3.63, 3.8) is 0 Å². The first-order valence-electron chi connectivity index (χ1n) is 13.0. The monoisotopic (exact) mass is 1080 g/mol. The molecule has 3 aromatic rings. The number of hydrogen-bond acceptors (Lipinski definition) is 6. The summed E-state index contributed by atoms with van der Waals surface area (Å²) in [7, 11) is 4.61. The van der Waals surface area contributed by atoms with Gasteiger partial charge in [-0.05, 0) is 149 Å². The topological polar surface area (TPSA) is 190 Å². The van der Waals surface area contributed by atoms with Crippen LogP contribution in [0.1, 0.15) is 37.5 Å². The number of carboxylic acid groups (broad SMARTS) is 3. The van der Waals surface area contributed by atoms with Crippen LogP contribution in [0.2, 0.25) is 0 Å². The van der Waals surface area contributed by atoms with Crippen molar-refractivity contribution in [3.05, 3.63) is 82.0 Å². The van der Waals surface area contributed by atoms with Gasteiger partial charge in [0.2, 0.25) is 0 Å². The number of hydrogen-bond donors (Lipinski definition) is 6. The van der Waals surface area contributed by atoms with Gasteiger partial charge in [-0.3, -0.25) is 14.4 Å². The minimum atomic E-state index is -0.767. The average Bonchev–Trinajstić information content (AvgIpc) is 2.96. The molecule has 0 aliphatic carbocycles. The number of nitrogen functional groups attached to an aromatic ring is 3. The molecule has 9 N–H and O–H groups in total. The molecule has 3 atom stereocenters. The molecule has 0 unspecified atom stereocenters. The lowest BCUT2D eigenvalue weighted by Gasteiger charge is -2.09. The Labute approximate surface area is 316 Å². The standard InChI is InChI=1S/C10H11I2NO2.C10H12INO2.C10H13NO2.ClI/c1-5(10(14)15)2-6-3-7(11)9(13)8(12)4-6;1-6(10(13)14)4-7-2-3-9(12)8(11)5-7;1-7(10(12)13)6-8-2-4-9(11)5-3-8;1-2/h3-5H,2,13H2,1H3,(H,14,15);2-3,5-6H,4,12H2,1H3,(H,13,14);2-5,7H,6,11H2,1H3,(H,12,13);/t5-;6-;7-;/m111./s1. The highest BCUT2D eigenvalue weighted by Gasteiger charge is 2.14. The van der Waals surface area contributed by atoms with Crippen LogP contribution >= 0.6 is 98.1 Å². The molecule has 44 heavy (non-hydrogen) atoms. The Bertz CT molecular complexity index is 1360. The van der Waals surface area contributed by atoms with E-state index < -0.39 is 17.9 Å². The summed E-state index contributed by atoms with van der Waals surface area (Å²) in [5.41, 5.74) is 22.2. The summed E-state index contributed by atoms with van der Waals surface area (Å²) in [4.78, 5) is 31.9. The molecule has 14 heteroatoms. The van der Waals surface area contributed by atoms with E-state index in [0.29, 0.717) is 24.9 Å². The predicted molar refractivity (Wildman–Crippen MR) is 212 cm³/mol. The maximum atomic E-state index is 10.7. The van der Waals surface area contributed by atoms with Gasteiger partial charge in [0.15, 0.2) is 0 Å². The number of carbonyl (C=O) groups is 3. The molecule has 0 radical (unpaired) electrons. The summed E-state index contributed by atoms with van der Waals surface area (Å²) in [6.45, 7) is 5.10. The predicted octanol–water partition coefficient (Wildman–Crippen LogP) is 7.99. The highest BCUT2D eigenvalue weighted by Crippen LogP contribution is 2.25. The lowest BCUT2D eigenvalue weighted by atomic mass is 10.0. The maximum Gasteiger partial charge on any atom is 0.306 e. The first kappa shape index (κ1) is 42.7. The van der Waals surface area contributed by atoms with Crippen LogP contribution in [0.4, 0.5) is 17.1 Å². The zero-order valence-corrected chi connectivity index (χ0v) is 33.6. The fourth-order valence-electron chi connectivity index (χ4n) is 3.43. The second-order valence-electron chi connectivity index (χ2n) is 9.90. The third-order valence-electron chi connectivity index (χ3n) is 6.07. The third kappa shape index (κ3) is 16.8. The summed E-state index contributed by atoms with van der Waals surface area (Å²) in [6, 6.07) is 16.8. The molecule has 0 aliphatic heterocycles. The van der Waals surface area contributed by atoms with Crippen molar-refractivity contribution in [2.24, 2.45) is 17.8 Å². The molecule has 0 heterocycles. The molecule has 0 bridgehead atoms. The van der Waals surface area contributed by atoms with Crippen LogP contribution in [0, 0.1) is 28.5 Å². The second kappa shape index (κ2) is 22.2. The van der Waals surface area contributed by atoms with Crippen LogP contribution in [-0.2, 0) is 33.6 Å². The smallest absolute Gasteiger partial charge is 0.306 e. The maximum absolute atomic E-state index is 10.7. The van der Waals surface area contributed by atoms with Gasteiger partial charge in [-0.25, -0.2) is 0 Å². The van der Waals surface area contributed by atoms with Gasteiger partial charge in [0.05, 0.1) is 23.4 Å². The van der Waals surface area contributed by atoms with Crippen molar-refractivity contribution in [2.75, 3.05) is 17.2 Å². The van der Waals surface area contributed by atoms with Crippen LogP contribution < -0.4 is 17.2 Å². The second-order valence-corrected chi connectivity index (χ2v) is 13.4. The van der Waals surface area contributed by atoms with E-state index in [1.54, 1.807) is 54.4 Å².